The molecule has 0 spiro atoms. The first-order valence-electron chi connectivity index (χ1n) is 10.4. The number of nitrogens with zero attached hydrogens (tertiary/aromatic N) is 5. The summed E-state index contributed by atoms with van der Waals surface area (Å²) < 4.78 is 34.5. The Kier molecular flexibility index (Phi) is 7.70. The summed E-state index contributed by atoms with van der Waals surface area (Å²) in [4.78, 5) is 28.2. The van der Waals surface area contributed by atoms with Crippen LogP contribution in [0.5, 0.6) is 0 Å². The number of carbonyl (C=O) groups is 2. The van der Waals surface area contributed by atoms with Gasteiger partial charge in [-0.3, -0.25) is 14.5 Å². The molecule has 0 bridgehead atoms. The van der Waals surface area contributed by atoms with Gasteiger partial charge in [0.05, 0.1) is 38.5 Å². The topological polar surface area (TPSA) is 92.6 Å². The van der Waals surface area contributed by atoms with E-state index < -0.39 is 30.8 Å². The monoisotopic (exact) mass is 428 g/mol. The van der Waals surface area contributed by atoms with E-state index in [2.05, 4.69) is 20.5 Å². The molecule has 2 fully saturated rings. The van der Waals surface area contributed by atoms with Crippen molar-refractivity contribution in [3.8, 4) is 0 Å². The summed E-state index contributed by atoms with van der Waals surface area (Å²) in [5.74, 6) is -3.62. The molecule has 30 heavy (non-hydrogen) atoms. The second-order valence-corrected chi connectivity index (χ2v) is 8.00. The summed E-state index contributed by atoms with van der Waals surface area (Å²) in [7, 11) is 1.53. The first kappa shape index (κ1) is 22.5. The number of alkyl halides is 2. The molecule has 2 amide bonds. The van der Waals surface area contributed by atoms with Crippen LogP contribution >= 0.6 is 0 Å². The molecule has 2 aliphatic heterocycles. The molecule has 168 valence electrons. The van der Waals surface area contributed by atoms with Crippen LogP contribution in [-0.4, -0.2) is 95.0 Å². The molecule has 3 rings (SSSR count). The van der Waals surface area contributed by atoms with Crippen LogP contribution in [0.1, 0.15) is 42.6 Å². The van der Waals surface area contributed by atoms with Crippen LogP contribution in [0.15, 0.2) is 6.20 Å². The molecule has 1 unspecified atom stereocenters. The average Bonchev–Trinajstić information content (AvgIpc) is 3.18. The number of likely N-dealkylation sites (tertiary alicyclic amines) is 2. The molecular formula is C19H30F2N6O3. The molecule has 2 aliphatic rings. The number of hydrogen-bond acceptors (Lipinski definition) is 6. The molecule has 2 saturated heterocycles. The van der Waals surface area contributed by atoms with E-state index in [0.29, 0.717) is 13.2 Å². The second kappa shape index (κ2) is 10.3. The summed E-state index contributed by atoms with van der Waals surface area (Å²) in [6.45, 7) is 2.00. The first-order valence-corrected chi connectivity index (χ1v) is 10.4. The fraction of sp³-hybridized carbons (Fsp3) is 0.789. The molecule has 9 nitrogen and oxygen atoms in total. The molecule has 11 heteroatoms. The lowest BCUT2D eigenvalue weighted by Crippen LogP contribution is -2.45. The summed E-state index contributed by atoms with van der Waals surface area (Å²) in [5.41, 5.74) is 0.0957. The van der Waals surface area contributed by atoms with Gasteiger partial charge in [0.2, 0.25) is 5.91 Å². The summed E-state index contributed by atoms with van der Waals surface area (Å²) in [5, 5.41) is 10.3. The summed E-state index contributed by atoms with van der Waals surface area (Å²) in [6, 6.07) is -0.689. The van der Waals surface area contributed by atoms with Crippen molar-refractivity contribution in [1.29, 1.82) is 0 Å². The van der Waals surface area contributed by atoms with Gasteiger partial charge in [-0.2, -0.15) is 0 Å². The van der Waals surface area contributed by atoms with Crippen LogP contribution in [0.3, 0.4) is 0 Å². The lowest BCUT2D eigenvalue weighted by molar-refractivity contribution is -0.134. The van der Waals surface area contributed by atoms with Crippen LogP contribution < -0.4 is 5.32 Å². The third kappa shape index (κ3) is 6.18. The molecule has 0 saturated carbocycles. The number of amides is 2. The minimum absolute atomic E-state index is 0.0691. The van der Waals surface area contributed by atoms with E-state index in [1.54, 1.807) is 0 Å². The van der Waals surface area contributed by atoms with Crippen molar-refractivity contribution < 1.29 is 23.1 Å². The van der Waals surface area contributed by atoms with Crippen molar-refractivity contribution in [2.24, 2.45) is 0 Å². The Balaban J connectivity index is 1.60. The Morgan fingerprint density at radius 3 is 2.70 bits per heavy atom. The molecule has 1 N–H and O–H groups in total. The predicted octanol–water partition coefficient (Wildman–Crippen LogP) is 0.767. The van der Waals surface area contributed by atoms with Gasteiger partial charge in [0.25, 0.3) is 11.8 Å². The SMILES string of the molecule is COCCNC(=O)c1cn(CC2CC(F)(F)CN2C(=O)CN2CCCCCC2)nn1. The zero-order valence-electron chi connectivity index (χ0n) is 17.4. The van der Waals surface area contributed by atoms with Crippen molar-refractivity contribution in [2.75, 3.05) is 46.4 Å². The molecule has 0 aliphatic carbocycles. The van der Waals surface area contributed by atoms with Gasteiger partial charge in [0.1, 0.15) is 0 Å². The Bertz CT molecular complexity index is 721. The molecule has 1 atom stereocenters. The van der Waals surface area contributed by atoms with Crippen LogP contribution in [0, 0.1) is 0 Å². The number of aromatic nitrogens is 3. The number of hydrogen-bond donors (Lipinski definition) is 1. The van der Waals surface area contributed by atoms with Crippen molar-refractivity contribution >= 4 is 11.8 Å². The maximum atomic E-state index is 14.1. The maximum Gasteiger partial charge on any atom is 0.273 e. The van der Waals surface area contributed by atoms with E-state index >= 15 is 0 Å². The van der Waals surface area contributed by atoms with Gasteiger partial charge in [0, 0.05) is 20.1 Å². The number of halogens is 2. The van der Waals surface area contributed by atoms with Crippen LogP contribution in [-0.2, 0) is 16.1 Å². The standard InChI is InChI=1S/C19H30F2N6O3/c1-30-9-6-22-18(29)16-12-26(24-23-16)11-15-10-19(20,21)14-27(15)17(28)13-25-7-4-2-3-5-8-25/h12,15H,2-11,13-14H2,1H3,(H,22,29). The quantitative estimate of drug-likeness (QED) is 0.615. The van der Waals surface area contributed by atoms with Crippen molar-refractivity contribution in [3.63, 3.8) is 0 Å². The van der Waals surface area contributed by atoms with Gasteiger partial charge < -0.3 is 15.0 Å². The smallest absolute Gasteiger partial charge is 0.273 e. The van der Waals surface area contributed by atoms with E-state index in [1.165, 1.54) is 22.9 Å². The second-order valence-electron chi connectivity index (χ2n) is 8.00. The van der Waals surface area contributed by atoms with E-state index in [4.69, 9.17) is 4.74 Å². The normalized spacial score (nSPS) is 22.1. The van der Waals surface area contributed by atoms with Crippen LogP contribution in [0.4, 0.5) is 8.78 Å². The van der Waals surface area contributed by atoms with Crippen molar-refractivity contribution in [2.45, 2.75) is 50.6 Å². The van der Waals surface area contributed by atoms with E-state index in [9.17, 15) is 18.4 Å². The lowest BCUT2D eigenvalue weighted by atomic mass is 10.2. The van der Waals surface area contributed by atoms with E-state index in [-0.39, 0.29) is 24.7 Å². The Hall–Kier alpha value is -2.14. The number of methoxy groups -OCH3 is 1. The molecule has 3 heterocycles. The Morgan fingerprint density at radius 1 is 1.27 bits per heavy atom. The number of ether oxygens (including phenoxy) is 1. The van der Waals surface area contributed by atoms with E-state index in [0.717, 1.165) is 38.8 Å². The highest BCUT2D eigenvalue weighted by atomic mass is 19.3. The lowest BCUT2D eigenvalue weighted by Gasteiger charge is -2.27. The number of nitrogens with one attached hydrogen (secondary N) is 1. The first-order chi connectivity index (χ1) is 14.4. The van der Waals surface area contributed by atoms with Gasteiger partial charge >= 0.3 is 0 Å². The van der Waals surface area contributed by atoms with Crippen molar-refractivity contribution in [1.82, 2.24) is 30.1 Å². The third-order valence-electron chi connectivity index (χ3n) is 5.52. The molecule has 1 aromatic rings. The van der Waals surface area contributed by atoms with Crippen LogP contribution in [0.25, 0.3) is 0 Å². The number of rotatable bonds is 8. The Labute approximate surface area is 174 Å². The summed E-state index contributed by atoms with van der Waals surface area (Å²) in [6.07, 6.45) is 5.33. The van der Waals surface area contributed by atoms with Gasteiger partial charge in [-0.1, -0.05) is 18.1 Å². The maximum absolute atomic E-state index is 14.1. The van der Waals surface area contributed by atoms with Gasteiger partial charge in [-0.05, 0) is 25.9 Å². The zero-order valence-corrected chi connectivity index (χ0v) is 17.4. The largest absolute Gasteiger partial charge is 0.383 e. The Morgan fingerprint density at radius 2 is 2.00 bits per heavy atom. The van der Waals surface area contributed by atoms with Gasteiger partial charge in [-0.15, -0.1) is 5.10 Å². The molecule has 1 aromatic heterocycles. The average molecular weight is 428 g/mol. The zero-order chi connectivity index (χ0) is 21.6. The molecule has 0 aromatic carbocycles. The van der Waals surface area contributed by atoms with Crippen LogP contribution in [0.2, 0.25) is 0 Å². The van der Waals surface area contributed by atoms with Gasteiger partial charge in [-0.25, -0.2) is 13.5 Å². The number of carbonyl (C=O) groups excluding carboxylic acids is 2. The third-order valence-corrected chi connectivity index (χ3v) is 5.52. The van der Waals surface area contributed by atoms with E-state index in [1.807, 2.05) is 0 Å². The minimum atomic E-state index is -2.93. The fourth-order valence-corrected chi connectivity index (χ4v) is 3.99. The highest BCUT2D eigenvalue weighted by molar-refractivity contribution is 5.91. The highest BCUT2D eigenvalue weighted by Gasteiger charge is 2.47. The predicted molar refractivity (Wildman–Crippen MR) is 104 cm³/mol. The van der Waals surface area contributed by atoms with Crippen molar-refractivity contribution in [3.05, 3.63) is 11.9 Å². The molecular weight excluding hydrogens is 398 g/mol. The molecule has 0 radical (unpaired) electrons. The minimum Gasteiger partial charge on any atom is -0.383 e. The highest BCUT2D eigenvalue weighted by Crippen LogP contribution is 2.33. The summed E-state index contributed by atoms with van der Waals surface area (Å²) >= 11 is 0. The van der Waals surface area contributed by atoms with Gasteiger partial charge in [0.15, 0.2) is 5.69 Å². The fourth-order valence-electron chi connectivity index (χ4n) is 3.99.